The van der Waals surface area contributed by atoms with E-state index in [4.69, 9.17) is 14.2 Å². The number of hydrogen-bond acceptors (Lipinski definition) is 6. The molecule has 0 N–H and O–H groups in total. The van der Waals surface area contributed by atoms with Crippen LogP contribution in [-0.2, 0) is 19.6 Å². The number of amides is 2. The molecule has 4 saturated heterocycles. The molecule has 1 aliphatic carbocycles. The number of rotatable bonds is 3. The van der Waals surface area contributed by atoms with Gasteiger partial charge in [0.15, 0.2) is 0 Å². The van der Waals surface area contributed by atoms with Crippen LogP contribution in [0.2, 0.25) is 0 Å². The van der Waals surface area contributed by atoms with E-state index in [1.165, 1.54) is 6.07 Å². The maximum atomic E-state index is 14.4. The fourth-order valence-electron chi connectivity index (χ4n) is 7.80. The van der Waals surface area contributed by atoms with E-state index < -0.39 is 0 Å². The number of anilines is 1. The molecule has 8 nitrogen and oxygen atoms in total. The van der Waals surface area contributed by atoms with Crippen LogP contribution in [0, 0.1) is 5.82 Å². The lowest BCUT2D eigenvalue weighted by Crippen LogP contribution is -2.56. The minimum atomic E-state index is -0.290. The van der Waals surface area contributed by atoms with E-state index in [0.717, 1.165) is 88.5 Å². The summed E-state index contributed by atoms with van der Waals surface area (Å²) in [6, 6.07) is 5.76. The van der Waals surface area contributed by atoms with Gasteiger partial charge in [0, 0.05) is 36.5 Å². The first-order valence-corrected chi connectivity index (χ1v) is 14.6. The Morgan fingerprint density at radius 1 is 0.921 bits per heavy atom. The van der Waals surface area contributed by atoms with Crippen LogP contribution in [0.15, 0.2) is 18.2 Å². The van der Waals surface area contributed by atoms with Crippen molar-refractivity contribution in [1.82, 2.24) is 9.80 Å². The number of carbonyl (C=O) groups excluding carboxylic acids is 2. The zero-order valence-electron chi connectivity index (χ0n) is 22.0. The molecule has 206 valence electrons. The zero-order valence-corrected chi connectivity index (χ0v) is 22.0. The molecule has 5 heterocycles. The maximum Gasteiger partial charge on any atom is 0.414 e. The Morgan fingerprint density at radius 3 is 2.32 bits per heavy atom. The van der Waals surface area contributed by atoms with E-state index in [2.05, 4.69) is 4.90 Å². The van der Waals surface area contributed by atoms with Crippen molar-refractivity contribution in [3.63, 3.8) is 0 Å². The van der Waals surface area contributed by atoms with E-state index in [9.17, 15) is 14.0 Å². The predicted octanol–water partition coefficient (Wildman–Crippen LogP) is 4.59. The molecule has 1 spiro atoms. The number of fused-ring (bicyclic) bond motifs is 4. The molecule has 5 fully saturated rings. The van der Waals surface area contributed by atoms with Gasteiger partial charge in [-0.1, -0.05) is 0 Å². The van der Waals surface area contributed by atoms with Gasteiger partial charge >= 0.3 is 12.2 Å². The van der Waals surface area contributed by atoms with E-state index in [-0.39, 0.29) is 47.7 Å². The number of benzene rings is 1. The lowest BCUT2D eigenvalue weighted by atomic mass is 9.73. The van der Waals surface area contributed by atoms with Crippen molar-refractivity contribution in [3.05, 3.63) is 29.6 Å². The Hall–Kier alpha value is -2.39. The van der Waals surface area contributed by atoms with Crippen LogP contribution in [0.25, 0.3) is 0 Å². The largest absolute Gasteiger partial charge is 0.446 e. The molecule has 5 aliphatic heterocycles. The molecule has 38 heavy (non-hydrogen) atoms. The van der Waals surface area contributed by atoms with Crippen molar-refractivity contribution in [3.8, 4) is 0 Å². The lowest BCUT2D eigenvalue weighted by molar-refractivity contribution is 0.00952. The summed E-state index contributed by atoms with van der Waals surface area (Å²) in [6.45, 7) is 3.56. The van der Waals surface area contributed by atoms with Crippen LogP contribution < -0.4 is 4.90 Å². The van der Waals surface area contributed by atoms with Gasteiger partial charge in [0.05, 0.1) is 18.9 Å². The topological polar surface area (TPSA) is 71.6 Å². The first-order chi connectivity index (χ1) is 18.5. The maximum absolute atomic E-state index is 14.4. The second kappa shape index (κ2) is 9.66. The fourth-order valence-corrected chi connectivity index (χ4v) is 7.80. The number of carbonyl (C=O) groups is 2. The van der Waals surface area contributed by atoms with Crippen molar-refractivity contribution in [2.24, 2.45) is 0 Å². The molecular formula is C29H38FN3O5. The second-order valence-electron chi connectivity index (χ2n) is 12.3. The van der Waals surface area contributed by atoms with Gasteiger partial charge in [-0.25, -0.2) is 14.0 Å². The van der Waals surface area contributed by atoms with Crippen LogP contribution in [-0.4, -0.2) is 85.2 Å². The molecule has 1 aromatic carbocycles. The normalized spacial score (nSPS) is 32.3. The van der Waals surface area contributed by atoms with E-state index in [0.29, 0.717) is 25.8 Å². The van der Waals surface area contributed by atoms with Gasteiger partial charge in [-0.3, -0.25) is 4.90 Å². The van der Waals surface area contributed by atoms with Gasteiger partial charge in [0.2, 0.25) is 0 Å². The average molecular weight is 528 g/mol. The summed E-state index contributed by atoms with van der Waals surface area (Å²) in [5.74, 6) is -0.250. The van der Waals surface area contributed by atoms with Crippen LogP contribution in [0.3, 0.4) is 0 Å². The van der Waals surface area contributed by atoms with Gasteiger partial charge < -0.3 is 24.0 Å². The predicted molar refractivity (Wildman–Crippen MR) is 138 cm³/mol. The van der Waals surface area contributed by atoms with Crippen LogP contribution in [0.5, 0.6) is 0 Å². The minimum Gasteiger partial charge on any atom is -0.446 e. The SMILES string of the molecule is O=C(OC1CCC1)N1CC2(CCN(C3CC4CCC(C3)N4C(=O)O[C@H]3CCOC3)CC2)c2cc(F)ccc21. The number of hydrogen-bond donors (Lipinski definition) is 0. The summed E-state index contributed by atoms with van der Waals surface area (Å²) in [4.78, 5) is 32.4. The van der Waals surface area contributed by atoms with Crippen LogP contribution in [0.1, 0.15) is 69.8 Å². The van der Waals surface area contributed by atoms with Gasteiger partial charge in [-0.05, 0) is 94.6 Å². The summed E-state index contributed by atoms with van der Waals surface area (Å²) >= 11 is 0. The molecule has 2 unspecified atom stereocenters. The summed E-state index contributed by atoms with van der Waals surface area (Å²) < 4.78 is 31.3. The monoisotopic (exact) mass is 527 g/mol. The van der Waals surface area contributed by atoms with Gasteiger partial charge in [0.1, 0.15) is 18.0 Å². The number of halogens is 1. The molecule has 1 saturated carbocycles. The van der Waals surface area contributed by atoms with Crippen molar-refractivity contribution in [2.75, 3.05) is 37.7 Å². The number of likely N-dealkylation sites (tertiary alicyclic amines) is 1. The Labute approximate surface area is 223 Å². The highest BCUT2D eigenvalue weighted by Gasteiger charge is 2.50. The van der Waals surface area contributed by atoms with E-state index in [1.54, 1.807) is 17.0 Å². The number of ether oxygens (including phenoxy) is 3. The Kier molecular flexibility index (Phi) is 6.26. The molecule has 7 rings (SSSR count). The molecule has 9 heteroatoms. The molecule has 2 bridgehead atoms. The van der Waals surface area contributed by atoms with Gasteiger partial charge in [-0.2, -0.15) is 0 Å². The minimum absolute atomic E-state index is 0.0230. The number of piperidine rings is 2. The molecule has 0 radical (unpaired) electrons. The first-order valence-electron chi connectivity index (χ1n) is 14.6. The van der Waals surface area contributed by atoms with Gasteiger partial charge in [-0.15, -0.1) is 0 Å². The fraction of sp³-hybridized carbons (Fsp3) is 0.724. The first kappa shape index (κ1) is 24.6. The Morgan fingerprint density at radius 2 is 1.66 bits per heavy atom. The number of nitrogens with zero attached hydrogens (tertiary/aromatic N) is 3. The van der Waals surface area contributed by atoms with Crippen molar-refractivity contribution >= 4 is 17.9 Å². The molecular weight excluding hydrogens is 489 g/mol. The second-order valence-corrected chi connectivity index (χ2v) is 12.3. The highest BCUT2D eigenvalue weighted by Crippen LogP contribution is 2.49. The van der Waals surface area contributed by atoms with E-state index >= 15 is 0 Å². The highest BCUT2D eigenvalue weighted by atomic mass is 19.1. The van der Waals surface area contributed by atoms with Gasteiger partial charge in [0.25, 0.3) is 0 Å². The third-order valence-electron chi connectivity index (χ3n) is 10.2. The quantitative estimate of drug-likeness (QED) is 0.573. The lowest BCUT2D eigenvalue weighted by Gasteiger charge is -2.47. The van der Waals surface area contributed by atoms with E-state index in [1.807, 2.05) is 4.90 Å². The standard InChI is InChI=1S/C29H38FN3O5/c30-19-4-7-26-25(14-19)29(18-32(26)27(34)37-23-2-1-3-23)9-11-31(12-10-29)22-15-20-5-6-21(16-22)33(20)28(35)38-24-8-13-36-17-24/h4,7,14,20-24H,1-3,5-6,8-13,15-18H2/t20?,21?,22?,24-/m0/s1. The molecule has 2 amide bonds. The Balaban J connectivity index is 1.01. The third-order valence-corrected chi connectivity index (χ3v) is 10.2. The smallest absolute Gasteiger partial charge is 0.414 e. The molecule has 1 aromatic rings. The average Bonchev–Trinajstić information content (AvgIpc) is 3.58. The molecule has 0 aromatic heterocycles. The summed E-state index contributed by atoms with van der Waals surface area (Å²) in [5.41, 5.74) is 1.53. The van der Waals surface area contributed by atoms with Crippen molar-refractivity contribution < 1.29 is 28.2 Å². The summed E-state index contributed by atoms with van der Waals surface area (Å²) in [6.07, 6.45) is 9.03. The van der Waals surface area contributed by atoms with Crippen LogP contribution in [0.4, 0.5) is 19.7 Å². The van der Waals surface area contributed by atoms with Crippen molar-refractivity contribution in [2.45, 2.75) is 100.0 Å². The molecule has 3 atom stereocenters. The molecule has 6 aliphatic rings. The highest BCUT2D eigenvalue weighted by molar-refractivity contribution is 5.91. The third kappa shape index (κ3) is 4.26. The zero-order chi connectivity index (χ0) is 25.9. The van der Waals surface area contributed by atoms with Crippen molar-refractivity contribution in [1.29, 1.82) is 0 Å². The van der Waals surface area contributed by atoms with Crippen LogP contribution >= 0.6 is 0 Å². The summed E-state index contributed by atoms with van der Waals surface area (Å²) in [5, 5.41) is 0. The Bertz CT molecular complexity index is 1070. The summed E-state index contributed by atoms with van der Waals surface area (Å²) in [7, 11) is 0.